The first-order valence-electron chi connectivity index (χ1n) is 19.0. The van der Waals surface area contributed by atoms with Crippen molar-refractivity contribution in [2.75, 3.05) is 26.4 Å². The Morgan fingerprint density at radius 3 is 1.63 bits per heavy atom. The summed E-state index contributed by atoms with van der Waals surface area (Å²) in [5, 5.41) is 0. The summed E-state index contributed by atoms with van der Waals surface area (Å²) in [5.74, 6) is -6.07. The second kappa shape index (κ2) is 22.1. The fourth-order valence-electron chi connectivity index (χ4n) is 7.20. The van der Waals surface area contributed by atoms with E-state index in [-0.39, 0.29) is 80.0 Å². The molecule has 5 rings (SSSR count). The molecular formula is C40H56O14. The highest BCUT2D eigenvalue weighted by atomic mass is 16.5. The molecule has 0 saturated heterocycles. The summed E-state index contributed by atoms with van der Waals surface area (Å²) < 4.78 is 19.0. The molecule has 0 heterocycles. The fraction of sp³-hybridized carbons (Fsp3) is 0.700. The van der Waals surface area contributed by atoms with Gasteiger partial charge in [0.1, 0.15) is 29.7 Å². The molecule has 14 nitrogen and oxygen atoms in total. The zero-order valence-corrected chi connectivity index (χ0v) is 32.4. The molecule has 0 radical (unpaired) electrons. The van der Waals surface area contributed by atoms with E-state index in [2.05, 4.69) is 4.74 Å². The lowest BCUT2D eigenvalue weighted by molar-refractivity contribution is -0.173. The molecule has 54 heavy (non-hydrogen) atoms. The Labute approximate surface area is 316 Å². The Morgan fingerprint density at radius 2 is 1.20 bits per heavy atom. The van der Waals surface area contributed by atoms with Crippen LogP contribution in [0.15, 0.2) is 11.6 Å². The monoisotopic (exact) mass is 760 g/mol. The first-order chi connectivity index (χ1) is 25.5. The molecule has 5 aliphatic rings. The van der Waals surface area contributed by atoms with Crippen molar-refractivity contribution in [2.45, 2.75) is 131 Å². The molecule has 5 saturated carbocycles. The van der Waals surface area contributed by atoms with Gasteiger partial charge in [0.15, 0.2) is 23.3 Å². The minimum Gasteiger partial charge on any atom is -0.466 e. The number of ketones is 6. The molecule has 0 aromatic rings. The van der Waals surface area contributed by atoms with Crippen molar-refractivity contribution in [1.29, 1.82) is 0 Å². The fourth-order valence-corrected chi connectivity index (χ4v) is 7.20. The Balaban J connectivity index is 0.000000263. The summed E-state index contributed by atoms with van der Waals surface area (Å²) in [6, 6.07) is 0. The van der Waals surface area contributed by atoms with E-state index in [9.17, 15) is 47.9 Å². The Bertz CT molecular complexity index is 1440. The molecule has 0 aliphatic heterocycles. The third-order valence-electron chi connectivity index (χ3n) is 10.1. The van der Waals surface area contributed by atoms with Crippen LogP contribution >= 0.6 is 0 Å². The zero-order chi connectivity index (χ0) is 40.5. The number of allylic oxidation sites excluding steroid dienone is 1. The lowest BCUT2D eigenvalue weighted by atomic mass is 9.52. The second-order valence-corrected chi connectivity index (χ2v) is 14.4. The predicted molar refractivity (Wildman–Crippen MR) is 191 cm³/mol. The van der Waals surface area contributed by atoms with Crippen molar-refractivity contribution in [2.24, 2.45) is 22.7 Å². The maximum atomic E-state index is 12.6. The topological polar surface area (TPSA) is 208 Å². The molecule has 14 heteroatoms. The van der Waals surface area contributed by atoms with E-state index in [0.29, 0.717) is 32.3 Å². The standard InChI is InChI=1S/C15H20O6.C9H12O2.C8H12O4.C8H12O2/c1-3-20-13(18)10-9(16)8-15(6-5-7-15)11(12(10)17)14(19)21-4-2;10-7-4-8(11)6-9(5-7)2-1-3-9;1-3-12-8(11)5-7(10)4-6(2)9;1-2-10-8(9)6-7-4-3-5-7/h10-11H,3-8H2,1-2H3;1-6H2;3-5H2,1-2H3;6H,2-5H2,1H3. The summed E-state index contributed by atoms with van der Waals surface area (Å²) in [6.45, 7) is 9.03. The maximum Gasteiger partial charge on any atom is 0.330 e. The van der Waals surface area contributed by atoms with Crippen LogP contribution in [0.2, 0.25) is 0 Å². The largest absolute Gasteiger partial charge is 0.466 e. The van der Waals surface area contributed by atoms with Crippen LogP contribution in [0.5, 0.6) is 0 Å². The molecule has 2 unspecified atom stereocenters. The van der Waals surface area contributed by atoms with Crippen molar-refractivity contribution in [3.63, 3.8) is 0 Å². The summed E-state index contributed by atoms with van der Waals surface area (Å²) in [6.07, 6.45) is 11.7. The van der Waals surface area contributed by atoms with Crippen molar-refractivity contribution < 1.29 is 66.9 Å². The molecule has 0 N–H and O–H groups in total. The van der Waals surface area contributed by atoms with Gasteiger partial charge in [0.2, 0.25) is 0 Å². The highest BCUT2D eigenvalue weighted by molar-refractivity contribution is 6.23. The molecule has 0 aromatic heterocycles. The van der Waals surface area contributed by atoms with Gasteiger partial charge in [-0.3, -0.25) is 43.2 Å². The van der Waals surface area contributed by atoms with Gasteiger partial charge in [-0.1, -0.05) is 18.4 Å². The van der Waals surface area contributed by atoms with Gasteiger partial charge in [-0.25, -0.2) is 4.79 Å². The smallest absolute Gasteiger partial charge is 0.330 e. The molecular weight excluding hydrogens is 704 g/mol. The number of Topliss-reactive ketones (excluding diaryl/α,β-unsaturated/α-hetero) is 6. The van der Waals surface area contributed by atoms with E-state index in [0.717, 1.165) is 32.1 Å². The van der Waals surface area contributed by atoms with Crippen LogP contribution in [0.4, 0.5) is 0 Å². The van der Waals surface area contributed by atoms with Gasteiger partial charge >= 0.3 is 23.9 Å². The van der Waals surface area contributed by atoms with Crippen LogP contribution in [0.1, 0.15) is 131 Å². The van der Waals surface area contributed by atoms with E-state index in [1.807, 2.05) is 6.92 Å². The SMILES string of the molecule is CCOC(=O)C1C(=O)CC2(CCC2)C(C(=O)OCC)C1=O.CCOC(=O)C=C1CCC1.CCOC(=O)CC(=O)CC(C)=O.O=C1CC(=O)CC2(CCC2)C1. The van der Waals surface area contributed by atoms with Crippen molar-refractivity contribution in [1.82, 2.24) is 0 Å². The Morgan fingerprint density at radius 1 is 0.667 bits per heavy atom. The van der Waals surface area contributed by atoms with Crippen LogP contribution in [0, 0.1) is 22.7 Å². The van der Waals surface area contributed by atoms with Gasteiger partial charge in [-0.05, 0) is 90.4 Å². The predicted octanol–water partition coefficient (Wildman–Crippen LogP) is 4.68. The highest BCUT2D eigenvalue weighted by Crippen LogP contribution is 2.54. The molecule has 2 spiro atoms. The van der Waals surface area contributed by atoms with E-state index in [1.54, 1.807) is 26.8 Å². The zero-order valence-electron chi connectivity index (χ0n) is 32.4. The van der Waals surface area contributed by atoms with Gasteiger partial charge in [-0.2, -0.15) is 0 Å². The third-order valence-corrected chi connectivity index (χ3v) is 10.1. The summed E-state index contributed by atoms with van der Waals surface area (Å²) >= 11 is 0. The second-order valence-electron chi connectivity index (χ2n) is 14.4. The number of esters is 4. The lowest BCUT2D eigenvalue weighted by Crippen LogP contribution is -2.57. The van der Waals surface area contributed by atoms with Crippen molar-refractivity contribution >= 4 is 58.6 Å². The summed E-state index contributed by atoms with van der Waals surface area (Å²) in [5.41, 5.74) is 0.744. The van der Waals surface area contributed by atoms with E-state index in [4.69, 9.17) is 14.2 Å². The number of rotatable bonds is 11. The number of hydrogen-bond acceptors (Lipinski definition) is 14. The number of hydrogen-bond donors (Lipinski definition) is 0. The van der Waals surface area contributed by atoms with Crippen LogP contribution in [-0.4, -0.2) is 85.0 Å². The van der Waals surface area contributed by atoms with Crippen molar-refractivity contribution in [3.8, 4) is 0 Å². The molecule has 0 bridgehead atoms. The maximum absolute atomic E-state index is 12.6. The molecule has 5 fully saturated rings. The summed E-state index contributed by atoms with van der Waals surface area (Å²) in [4.78, 5) is 114. The number of carbonyl (C=O) groups excluding carboxylic acids is 10. The first kappa shape index (κ1) is 45.8. The molecule has 300 valence electrons. The highest BCUT2D eigenvalue weighted by Gasteiger charge is 2.60. The van der Waals surface area contributed by atoms with Crippen LogP contribution in [0.3, 0.4) is 0 Å². The number of carbonyl (C=O) groups is 10. The van der Waals surface area contributed by atoms with E-state index in [1.165, 1.54) is 25.3 Å². The first-order valence-corrected chi connectivity index (χ1v) is 19.0. The lowest BCUT2D eigenvalue weighted by Gasteiger charge is -2.48. The van der Waals surface area contributed by atoms with E-state index < -0.39 is 46.7 Å². The normalized spacial score (nSPS) is 21.4. The van der Waals surface area contributed by atoms with Crippen LogP contribution in [0.25, 0.3) is 0 Å². The Hall–Kier alpha value is -4.36. The minimum absolute atomic E-state index is 0.0751. The number of ether oxygens (including phenoxy) is 4. The molecule has 0 amide bonds. The molecule has 2 atom stereocenters. The van der Waals surface area contributed by atoms with Crippen molar-refractivity contribution in [3.05, 3.63) is 11.6 Å². The summed E-state index contributed by atoms with van der Waals surface area (Å²) in [7, 11) is 0. The van der Waals surface area contributed by atoms with Gasteiger partial charge in [0, 0.05) is 25.3 Å². The minimum atomic E-state index is -1.47. The average molecular weight is 761 g/mol. The Kier molecular flexibility index (Phi) is 18.8. The van der Waals surface area contributed by atoms with Gasteiger partial charge in [0.25, 0.3) is 0 Å². The quantitative estimate of drug-likeness (QED) is 0.121. The van der Waals surface area contributed by atoms with E-state index >= 15 is 0 Å². The van der Waals surface area contributed by atoms with Gasteiger partial charge in [0.05, 0.1) is 39.3 Å². The van der Waals surface area contributed by atoms with Gasteiger partial charge < -0.3 is 18.9 Å². The third kappa shape index (κ3) is 13.8. The molecule has 5 aliphatic carbocycles. The molecule has 0 aromatic carbocycles. The average Bonchev–Trinajstić information content (AvgIpc) is 3.01. The van der Waals surface area contributed by atoms with Crippen LogP contribution in [-0.2, 0) is 66.9 Å². The van der Waals surface area contributed by atoms with Gasteiger partial charge in [-0.15, -0.1) is 0 Å². The van der Waals surface area contributed by atoms with Crippen LogP contribution < -0.4 is 0 Å².